The van der Waals surface area contributed by atoms with E-state index in [0.717, 1.165) is 11.1 Å². The van der Waals surface area contributed by atoms with Crippen LogP contribution in [0.4, 0.5) is 0 Å². The second-order valence-corrected chi connectivity index (χ2v) is 5.93. The van der Waals surface area contributed by atoms with Gasteiger partial charge in [-0.1, -0.05) is 72.3 Å². The number of ether oxygens (including phenoxy) is 1. The highest BCUT2D eigenvalue weighted by Gasteiger charge is 2.19. The average Bonchev–Trinajstić information content (AvgIpc) is 2.71. The van der Waals surface area contributed by atoms with E-state index in [1.54, 1.807) is 6.92 Å². The summed E-state index contributed by atoms with van der Waals surface area (Å²) in [6.07, 6.45) is 2.96. The van der Waals surface area contributed by atoms with Crippen LogP contribution in [0, 0.1) is 0 Å². The number of esters is 1. The molecule has 0 radical (unpaired) electrons. The predicted octanol–water partition coefficient (Wildman–Crippen LogP) is 4.01. The maximum atomic E-state index is 12.6. The molecule has 6 heteroatoms. The third-order valence-corrected chi connectivity index (χ3v) is 3.91. The number of hydrogen-bond donors (Lipinski definition) is 1. The van der Waals surface area contributed by atoms with Crippen molar-refractivity contribution >= 4 is 29.5 Å². The highest BCUT2D eigenvalue weighted by atomic mass is 35.5. The highest BCUT2D eigenvalue weighted by Crippen LogP contribution is 2.17. The van der Waals surface area contributed by atoms with Crippen molar-refractivity contribution in [2.45, 2.75) is 6.92 Å². The normalized spacial score (nSPS) is 14.7. The lowest BCUT2D eigenvalue weighted by Crippen LogP contribution is -2.20. The van der Waals surface area contributed by atoms with E-state index in [-0.39, 0.29) is 17.5 Å². The number of benzene rings is 2. The maximum Gasteiger partial charge on any atom is 0.359 e. The van der Waals surface area contributed by atoms with Gasteiger partial charge in [-0.3, -0.25) is 0 Å². The number of nitrogens with zero attached hydrogens (tertiary/aromatic N) is 2. The summed E-state index contributed by atoms with van der Waals surface area (Å²) in [7, 11) is 0. The molecule has 2 aromatic rings. The summed E-state index contributed by atoms with van der Waals surface area (Å²) >= 11 is 5.85. The van der Waals surface area contributed by atoms with Crippen LogP contribution < -0.4 is 5.32 Å². The van der Waals surface area contributed by atoms with Gasteiger partial charge in [0.15, 0.2) is 5.70 Å². The van der Waals surface area contributed by atoms with Crippen molar-refractivity contribution in [1.29, 1.82) is 0 Å². The molecule has 1 aliphatic heterocycles. The minimum absolute atomic E-state index is 0.128. The molecule has 0 aliphatic carbocycles. The molecule has 0 unspecified atom stereocenters. The quantitative estimate of drug-likeness (QED) is 0.369. The summed E-state index contributed by atoms with van der Waals surface area (Å²) in [5.74, 6) is -0.540. The Hall–Kier alpha value is -3.18. The van der Waals surface area contributed by atoms with E-state index in [0.29, 0.717) is 11.4 Å². The van der Waals surface area contributed by atoms with Crippen LogP contribution in [0.3, 0.4) is 0 Å². The van der Waals surface area contributed by atoms with Gasteiger partial charge >= 0.3 is 5.97 Å². The lowest BCUT2D eigenvalue weighted by atomic mass is 10.0. The zero-order chi connectivity index (χ0) is 19.1. The molecular weight excluding hydrogens is 362 g/mol. The van der Waals surface area contributed by atoms with Crippen LogP contribution >= 0.6 is 11.6 Å². The third kappa shape index (κ3) is 4.71. The third-order valence-electron chi connectivity index (χ3n) is 3.71. The van der Waals surface area contributed by atoms with Gasteiger partial charge in [-0.25, -0.2) is 14.8 Å². The molecular formula is C21H18ClN3O2. The van der Waals surface area contributed by atoms with Crippen LogP contribution in [-0.2, 0) is 9.53 Å². The van der Waals surface area contributed by atoms with Gasteiger partial charge in [-0.05, 0) is 6.92 Å². The first-order valence-electron chi connectivity index (χ1n) is 8.46. The van der Waals surface area contributed by atoms with Gasteiger partial charge in [0.25, 0.3) is 0 Å². The fraction of sp³-hybridized carbons (Fsp3) is 0.0952. The van der Waals surface area contributed by atoms with E-state index in [2.05, 4.69) is 15.3 Å². The monoisotopic (exact) mass is 379 g/mol. The number of halogens is 1. The van der Waals surface area contributed by atoms with Gasteiger partial charge in [0.1, 0.15) is 5.16 Å². The number of carbonyl (C=O) groups is 1. The van der Waals surface area contributed by atoms with Crippen molar-refractivity contribution in [3.05, 3.63) is 94.5 Å². The molecule has 1 heterocycles. The first-order valence-corrected chi connectivity index (χ1v) is 8.84. The fourth-order valence-corrected chi connectivity index (χ4v) is 2.59. The molecule has 1 N–H and O–H groups in total. The van der Waals surface area contributed by atoms with Crippen molar-refractivity contribution in [1.82, 2.24) is 5.32 Å². The first-order chi connectivity index (χ1) is 13.2. The molecule has 1 aliphatic rings. The Bertz CT molecular complexity index is 891. The van der Waals surface area contributed by atoms with Gasteiger partial charge in [0.2, 0.25) is 0 Å². The molecule has 2 aromatic carbocycles. The summed E-state index contributed by atoms with van der Waals surface area (Å²) in [5, 5.41) is 3.23. The van der Waals surface area contributed by atoms with E-state index in [1.807, 2.05) is 60.7 Å². The molecule has 136 valence electrons. The van der Waals surface area contributed by atoms with Crippen molar-refractivity contribution in [2.75, 3.05) is 6.61 Å². The van der Waals surface area contributed by atoms with Crippen LogP contribution in [0.2, 0.25) is 0 Å². The van der Waals surface area contributed by atoms with Gasteiger partial charge < -0.3 is 10.1 Å². The second kappa shape index (κ2) is 8.96. The molecule has 0 atom stereocenters. The Kier molecular flexibility index (Phi) is 6.18. The number of nitrogens with one attached hydrogen (secondary N) is 1. The summed E-state index contributed by atoms with van der Waals surface area (Å²) in [5.41, 5.74) is 2.97. The zero-order valence-electron chi connectivity index (χ0n) is 14.7. The fourth-order valence-electron chi connectivity index (χ4n) is 2.48. The lowest BCUT2D eigenvalue weighted by molar-refractivity contribution is -0.138. The van der Waals surface area contributed by atoms with E-state index < -0.39 is 5.97 Å². The van der Waals surface area contributed by atoms with Crippen LogP contribution in [-0.4, -0.2) is 24.5 Å². The molecule has 27 heavy (non-hydrogen) atoms. The SMILES string of the molecule is CCOC(=O)/C(N=C(c1ccccc1)c1ccccc1)=C1\C=NC(Cl)=CN1. The van der Waals surface area contributed by atoms with Crippen molar-refractivity contribution in [2.24, 2.45) is 9.98 Å². The average molecular weight is 380 g/mol. The Morgan fingerprint density at radius 3 is 2.15 bits per heavy atom. The highest BCUT2D eigenvalue weighted by molar-refractivity contribution is 6.30. The van der Waals surface area contributed by atoms with E-state index in [9.17, 15) is 4.79 Å². The van der Waals surface area contributed by atoms with E-state index in [4.69, 9.17) is 16.3 Å². The van der Waals surface area contributed by atoms with Gasteiger partial charge in [0, 0.05) is 17.3 Å². The standard InChI is InChI=1S/C21H18ClN3O2/c1-2-27-21(26)20(17-13-24-18(22)14-23-17)25-19(15-9-5-3-6-10-15)16-11-7-4-8-12-16/h3-14,23H,2H2,1H3/b20-17-. The van der Waals surface area contributed by atoms with E-state index >= 15 is 0 Å². The largest absolute Gasteiger partial charge is 0.461 e. The Morgan fingerprint density at radius 2 is 1.67 bits per heavy atom. The molecule has 0 bridgehead atoms. The molecule has 0 aromatic heterocycles. The van der Waals surface area contributed by atoms with Crippen molar-refractivity contribution in [3.63, 3.8) is 0 Å². The van der Waals surface area contributed by atoms with Gasteiger partial charge in [-0.2, -0.15) is 0 Å². The summed E-state index contributed by atoms with van der Waals surface area (Å²) in [6, 6.07) is 19.3. The molecule has 0 fully saturated rings. The van der Waals surface area contributed by atoms with Gasteiger partial charge in [0.05, 0.1) is 24.2 Å². The number of allylic oxidation sites excluding steroid dienone is 1. The Balaban J connectivity index is 2.16. The van der Waals surface area contributed by atoms with Crippen molar-refractivity contribution < 1.29 is 9.53 Å². The topological polar surface area (TPSA) is 63.0 Å². The molecule has 3 rings (SSSR count). The molecule has 0 saturated carbocycles. The number of hydrogen-bond acceptors (Lipinski definition) is 5. The van der Waals surface area contributed by atoms with Gasteiger partial charge in [-0.15, -0.1) is 0 Å². The number of aliphatic imine (C=N–C) groups is 2. The second-order valence-electron chi connectivity index (χ2n) is 5.54. The minimum atomic E-state index is -0.540. The van der Waals surface area contributed by atoms with Crippen LogP contribution in [0.1, 0.15) is 18.1 Å². The Labute approximate surface area is 162 Å². The molecule has 5 nitrogen and oxygen atoms in total. The molecule has 0 saturated heterocycles. The Morgan fingerprint density at radius 1 is 1.07 bits per heavy atom. The predicted molar refractivity (Wildman–Crippen MR) is 108 cm³/mol. The van der Waals surface area contributed by atoms with Crippen LogP contribution in [0.15, 0.2) is 93.4 Å². The summed E-state index contributed by atoms with van der Waals surface area (Å²) in [4.78, 5) is 21.3. The first kappa shape index (κ1) is 18.6. The summed E-state index contributed by atoms with van der Waals surface area (Å²) in [6.45, 7) is 1.99. The maximum absolute atomic E-state index is 12.6. The van der Waals surface area contributed by atoms with Crippen LogP contribution in [0.5, 0.6) is 0 Å². The van der Waals surface area contributed by atoms with E-state index in [1.165, 1.54) is 12.4 Å². The summed E-state index contributed by atoms with van der Waals surface area (Å²) < 4.78 is 5.20. The lowest BCUT2D eigenvalue weighted by Gasteiger charge is -2.13. The number of rotatable bonds is 5. The number of carbonyl (C=O) groups excluding carboxylic acids is 1. The van der Waals surface area contributed by atoms with Crippen molar-refractivity contribution in [3.8, 4) is 0 Å². The minimum Gasteiger partial charge on any atom is -0.461 e. The van der Waals surface area contributed by atoms with Crippen LogP contribution in [0.25, 0.3) is 0 Å². The molecule has 0 spiro atoms. The zero-order valence-corrected chi connectivity index (χ0v) is 15.5. The smallest absolute Gasteiger partial charge is 0.359 e. The molecule has 0 amide bonds.